The Balaban J connectivity index is 4.79. The number of rotatable bonds is 2. The molecule has 0 radical (unpaired) electrons. The summed E-state index contributed by atoms with van der Waals surface area (Å²) in [6.07, 6.45) is -0.155. The molecule has 0 amide bonds. The Labute approximate surface area is 69.6 Å². The summed E-state index contributed by atoms with van der Waals surface area (Å²) >= 11 is 0. The first-order chi connectivity index (χ1) is 5.67. The summed E-state index contributed by atoms with van der Waals surface area (Å²) in [4.78, 5) is 10.8. The smallest absolute Gasteiger partial charge is 0.350 e. The molecule has 5 nitrogen and oxygen atoms in total. The molecule has 0 fully saturated rings. The molecular formula is C7H7N3O2. The van der Waals surface area contributed by atoms with Gasteiger partial charge in [-0.3, -0.25) is 0 Å². The van der Waals surface area contributed by atoms with Gasteiger partial charge in [0.2, 0.25) is 0 Å². The zero-order valence-corrected chi connectivity index (χ0v) is 6.50. The first-order valence-corrected chi connectivity index (χ1v) is 3.01. The highest BCUT2D eigenvalue weighted by Crippen LogP contribution is 2.02. The van der Waals surface area contributed by atoms with Crippen molar-refractivity contribution in [1.29, 1.82) is 10.5 Å². The number of ether oxygens (including phenoxy) is 1. The number of nitrogens with two attached hydrogens (primary N) is 1. The number of methoxy groups -OCH3 is 1. The van der Waals surface area contributed by atoms with Gasteiger partial charge < -0.3 is 10.5 Å². The molecule has 0 saturated heterocycles. The number of nitriles is 2. The van der Waals surface area contributed by atoms with Gasteiger partial charge in [-0.1, -0.05) is 0 Å². The minimum absolute atomic E-state index is 0.0631. The van der Waals surface area contributed by atoms with E-state index in [1.807, 2.05) is 0 Å². The Morgan fingerprint density at radius 3 is 2.50 bits per heavy atom. The zero-order valence-electron chi connectivity index (χ0n) is 6.50. The third-order valence-corrected chi connectivity index (χ3v) is 1.09. The van der Waals surface area contributed by atoms with Crippen LogP contribution in [0.3, 0.4) is 0 Å². The molecule has 0 aromatic heterocycles. The van der Waals surface area contributed by atoms with Crippen molar-refractivity contribution in [2.24, 2.45) is 5.73 Å². The minimum atomic E-state index is -0.815. The summed E-state index contributed by atoms with van der Waals surface area (Å²) in [6, 6.07) is 3.29. The van der Waals surface area contributed by atoms with Crippen LogP contribution in [0.1, 0.15) is 6.42 Å². The van der Waals surface area contributed by atoms with Gasteiger partial charge in [0.25, 0.3) is 0 Å². The van der Waals surface area contributed by atoms with E-state index in [2.05, 4.69) is 4.74 Å². The molecule has 0 aromatic carbocycles. The molecule has 5 heteroatoms. The van der Waals surface area contributed by atoms with E-state index in [-0.39, 0.29) is 17.7 Å². The van der Waals surface area contributed by atoms with Crippen LogP contribution in [0.5, 0.6) is 0 Å². The van der Waals surface area contributed by atoms with Crippen LogP contribution in [0.15, 0.2) is 11.3 Å². The fourth-order valence-corrected chi connectivity index (χ4v) is 0.524. The molecule has 0 spiro atoms. The molecule has 0 aliphatic rings. The summed E-state index contributed by atoms with van der Waals surface area (Å²) in [5.74, 6) is -0.815. The highest BCUT2D eigenvalue weighted by Gasteiger charge is 2.12. The quantitative estimate of drug-likeness (QED) is 0.347. The maximum Gasteiger partial charge on any atom is 0.350 e. The lowest BCUT2D eigenvalue weighted by Gasteiger charge is -1.98. The van der Waals surface area contributed by atoms with Crippen molar-refractivity contribution in [2.45, 2.75) is 6.42 Å². The summed E-state index contributed by atoms with van der Waals surface area (Å²) < 4.78 is 4.26. The maximum absolute atomic E-state index is 10.8. The second kappa shape index (κ2) is 4.75. The van der Waals surface area contributed by atoms with E-state index in [4.69, 9.17) is 16.3 Å². The monoisotopic (exact) mass is 165 g/mol. The van der Waals surface area contributed by atoms with Gasteiger partial charge in [0.05, 0.1) is 19.6 Å². The van der Waals surface area contributed by atoms with Crippen LogP contribution in [-0.2, 0) is 9.53 Å². The fraction of sp³-hybridized carbons (Fsp3) is 0.286. The van der Waals surface area contributed by atoms with Gasteiger partial charge >= 0.3 is 5.97 Å². The van der Waals surface area contributed by atoms with Crippen molar-refractivity contribution in [3.05, 3.63) is 11.3 Å². The molecule has 0 aromatic rings. The molecule has 0 heterocycles. The Morgan fingerprint density at radius 1 is 1.58 bits per heavy atom. The van der Waals surface area contributed by atoms with Crippen molar-refractivity contribution in [2.75, 3.05) is 7.11 Å². The Hall–Kier alpha value is -2.01. The van der Waals surface area contributed by atoms with Gasteiger partial charge in [0.1, 0.15) is 6.07 Å². The van der Waals surface area contributed by atoms with Crippen molar-refractivity contribution < 1.29 is 9.53 Å². The van der Waals surface area contributed by atoms with E-state index in [9.17, 15) is 4.79 Å². The summed E-state index contributed by atoms with van der Waals surface area (Å²) in [5, 5.41) is 16.6. The molecule has 0 rings (SSSR count). The summed E-state index contributed by atoms with van der Waals surface area (Å²) in [6.45, 7) is 0. The molecule has 0 bridgehead atoms. The zero-order chi connectivity index (χ0) is 9.56. The number of carbonyl (C=O) groups excluding carboxylic acids is 1. The summed E-state index contributed by atoms with van der Waals surface area (Å²) in [5.41, 5.74) is 4.88. The second-order valence-electron chi connectivity index (χ2n) is 1.84. The third kappa shape index (κ3) is 2.31. The van der Waals surface area contributed by atoms with Crippen molar-refractivity contribution >= 4 is 5.97 Å². The fourth-order valence-electron chi connectivity index (χ4n) is 0.524. The van der Waals surface area contributed by atoms with E-state index in [0.29, 0.717) is 0 Å². The van der Waals surface area contributed by atoms with Gasteiger partial charge in [-0.25, -0.2) is 4.79 Å². The first kappa shape index (κ1) is 9.99. The number of hydrogen-bond acceptors (Lipinski definition) is 5. The standard InChI is InChI=1S/C7H7N3O2/c1-12-7(11)5(4-9)6(10)2-3-8/h2,10H2,1H3/b6-5-. The van der Waals surface area contributed by atoms with E-state index in [1.54, 1.807) is 12.1 Å². The maximum atomic E-state index is 10.8. The van der Waals surface area contributed by atoms with Crippen LogP contribution in [0.25, 0.3) is 0 Å². The van der Waals surface area contributed by atoms with E-state index < -0.39 is 5.97 Å². The highest BCUT2D eigenvalue weighted by molar-refractivity contribution is 5.93. The van der Waals surface area contributed by atoms with E-state index in [0.717, 1.165) is 7.11 Å². The van der Waals surface area contributed by atoms with Gasteiger partial charge in [0, 0.05) is 5.70 Å². The number of hydrogen-bond donors (Lipinski definition) is 1. The molecule has 12 heavy (non-hydrogen) atoms. The van der Waals surface area contributed by atoms with Crippen LogP contribution in [0, 0.1) is 22.7 Å². The van der Waals surface area contributed by atoms with Gasteiger partial charge in [0.15, 0.2) is 5.57 Å². The molecule has 0 unspecified atom stereocenters. The Morgan fingerprint density at radius 2 is 2.17 bits per heavy atom. The van der Waals surface area contributed by atoms with Crippen molar-refractivity contribution in [1.82, 2.24) is 0 Å². The van der Waals surface area contributed by atoms with Crippen LogP contribution in [0.4, 0.5) is 0 Å². The number of nitrogens with zero attached hydrogens (tertiary/aromatic N) is 2. The minimum Gasteiger partial charge on any atom is -0.465 e. The van der Waals surface area contributed by atoms with Crippen LogP contribution in [0.2, 0.25) is 0 Å². The van der Waals surface area contributed by atoms with Crippen molar-refractivity contribution in [3.8, 4) is 12.1 Å². The molecule has 62 valence electrons. The number of allylic oxidation sites excluding steroid dienone is 1. The molecular weight excluding hydrogens is 158 g/mol. The highest BCUT2D eigenvalue weighted by atomic mass is 16.5. The average Bonchev–Trinajstić information content (AvgIpc) is 2.06. The van der Waals surface area contributed by atoms with Crippen LogP contribution < -0.4 is 5.73 Å². The van der Waals surface area contributed by atoms with Gasteiger partial charge in [-0.2, -0.15) is 10.5 Å². The van der Waals surface area contributed by atoms with Crippen molar-refractivity contribution in [3.63, 3.8) is 0 Å². The summed E-state index contributed by atoms with van der Waals surface area (Å²) in [7, 11) is 1.14. The first-order valence-electron chi connectivity index (χ1n) is 3.01. The predicted octanol–water partition coefficient (Wildman–Crippen LogP) is -0.191. The third-order valence-electron chi connectivity index (χ3n) is 1.09. The van der Waals surface area contributed by atoms with E-state index >= 15 is 0 Å². The lowest BCUT2D eigenvalue weighted by atomic mass is 10.2. The van der Waals surface area contributed by atoms with Crippen LogP contribution >= 0.6 is 0 Å². The van der Waals surface area contributed by atoms with Gasteiger partial charge in [-0.15, -0.1) is 0 Å². The molecule has 0 aliphatic heterocycles. The normalized spacial score (nSPS) is 10.6. The average molecular weight is 165 g/mol. The molecule has 0 atom stereocenters. The second-order valence-corrected chi connectivity index (χ2v) is 1.84. The lowest BCUT2D eigenvalue weighted by molar-refractivity contribution is -0.135. The SMILES string of the molecule is COC(=O)/C(C#N)=C(\N)CC#N. The van der Waals surface area contributed by atoms with E-state index in [1.165, 1.54) is 0 Å². The Bertz CT molecular complexity index is 293. The molecule has 0 saturated carbocycles. The van der Waals surface area contributed by atoms with Gasteiger partial charge in [-0.05, 0) is 0 Å². The number of carbonyl (C=O) groups is 1. The number of esters is 1. The lowest BCUT2D eigenvalue weighted by Crippen LogP contribution is -2.11. The Kier molecular flexibility index (Phi) is 3.96. The van der Waals surface area contributed by atoms with Crippen LogP contribution in [-0.4, -0.2) is 13.1 Å². The predicted molar refractivity (Wildman–Crippen MR) is 39.1 cm³/mol. The topological polar surface area (TPSA) is 99.9 Å². The molecule has 2 N–H and O–H groups in total. The molecule has 0 aliphatic carbocycles. The largest absolute Gasteiger partial charge is 0.465 e.